The Balaban J connectivity index is 2.28. The summed E-state index contributed by atoms with van der Waals surface area (Å²) in [6.45, 7) is 2.44. The van der Waals surface area contributed by atoms with E-state index in [4.69, 9.17) is 16.3 Å². The molecule has 0 aliphatic carbocycles. The predicted molar refractivity (Wildman–Crippen MR) is 92.2 cm³/mol. The van der Waals surface area contributed by atoms with Gasteiger partial charge in [0.1, 0.15) is 17.4 Å². The number of nitrogens with one attached hydrogen (secondary N) is 2. The van der Waals surface area contributed by atoms with Crippen LogP contribution >= 0.6 is 11.6 Å². The van der Waals surface area contributed by atoms with Gasteiger partial charge >= 0.3 is 0 Å². The average Bonchev–Trinajstić information content (AvgIpc) is 2.51. The Bertz CT molecular complexity index is 954. The maximum atomic E-state index is 14.1. The minimum absolute atomic E-state index is 0.0447. The molecule has 1 heterocycles. The van der Waals surface area contributed by atoms with Crippen molar-refractivity contribution >= 4 is 33.3 Å². The molecule has 1 aromatic heterocycles. The van der Waals surface area contributed by atoms with Crippen molar-refractivity contribution in [2.45, 2.75) is 6.92 Å². The van der Waals surface area contributed by atoms with Gasteiger partial charge in [0.2, 0.25) is 10.0 Å². The van der Waals surface area contributed by atoms with E-state index in [2.05, 4.69) is 10.3 Å². The molecule has 0 saturated heterocycles. The summed E-state index contributed by atoms with van der Waals surface area (Å²) in [7, 11) is -3.92. The monoisotopic (exact) mass is 405 g/mol. The second-order valence-electron chi connectivity index (χ2n) is 5.10. The van der Waals surface area contributed by atoms with Gasteiger partial charge < -0.3 is 10.1 Å². The summed E-state index contributed by atoms with van der Waals surface area (Å²) < 4.78 is 57.0. The third-order valence-corrected chi connectivity index (χ3v) is 3.78. The summed E-state index contributed by atoms with van der Waals surface area (Å²) in [5, 5.41) is 3.12. The zero-order valence-corrected chi connectivity index (χ0v) is 15.2. The maximum absolute atomic E-state index is 14.1. The summed E-state index contributed by atoms with van der Waals surface area (Å²) in [6, 6.07) is 2.51. The van der Waals surface area contributed by atoms with Crippen molar-refractivity contribution < 1.29 is 26.7 Å². The van der Waals surface area contributed by atoms with Crippen LogP contribution in [0.3, 0.4) is 0 Å². The van der Waals surface area contributed by atoms with Gasteiger partial charge in [-0.05, 0) is 13.0 Å². The van der Waals surface area contributed by atoms with Crippen LogP contribution in [0.25, 0.3) is 0 Å². The molecular weight excluding hydrogens is 392 g/mol. The van der Waals surface area contributed by atoms with Gasteiger partial charge in [-0.25, -0.2) is 26.9 Å². The highest BCUT2D eigenvalue weighted by molar-refractivity contribution is 7.89. The summed E-state index contributed by atoms with van der Waals surface area (Å²) in [5.74, 6) is -3.60. The molecule has 26 heavy (non-hydrogen) atoms. The first-order chi connectivity index (χ1) is 12.1. The normalized spacial score (nSPS) is 11.1. The van der Waals surface area contributed by atoms with Gasteiger partial charge in [0.05, 0.1) is 23.0 Å². The lowest BCUT2D eigenvalue weighted by atomic mass is 10.2. The fraction of sp³-hybridized carbons (Fsp3) is 0.200. The molecule has 11 heteroatoms. The van der Waals surface area contributed by atoms with Crippen LogP contribution in [0, 0.1) is 11.6 Å². The fourth-order valence-corrected chi connectivity index (χ4v) is 2.57. The molecule has 140 valence electrons. The SMILES string of the molecule is CCNc1ncc(Oc2cc(F)c(C(=O)NS(C)(=O)=O)cc2F)cc1Cl. The number of carbonyl (C=O) groups is 1. The summed E-state index contributed by atoms with van der Waals surface area (Å²) in [5.41, 5.74) is -0.779. The molecule has 1 amide bonds. The molecule has 7 nitrogen and oxygen atoms in total. The van der Waals surface area contributed by atoms with Crippen molar-refractivity contribution in [3.63, 3.8) is 0 Å². The van der Waals surface area contributed by atoms with E-state index < -0.39 is 38.9 Å². The van der Waals surface area contributed by atoms with Crippen LogP contribution in [0.4, 0.5) is 14.6 Å². The van der Waals surface area contributed by atoms with Crippen molar-refractivity contribution in [2.75, 3.05) is 18.1 Å². The van der Waals surface area contributed by atoms with Gasteiger partial charge in [-0.1, -0.05) is 11.6 Å². The topological polar surface area (TPSA) is 97.4 Å². The summed E-state index contributed by atoms with van der Waals surface area (Å²) in [6.07, 6.45) is 1.97. The van der Waals surface area contributed by atoms with Crippen LogP contribution in [0.1, 0.15) is 17.3 Å². The van der Waals surface area contributed by atoms with Crippen molar-refractivity contribution in [1.29, 1.82) is 0 Å². The number of hydrogen-bond acceptors (Lipinski definition) is 6. The predicted octanol–water partition coefficient (Wildman–Crippen LogP) is 2.93. The number of rotatable bonds is 6. The quantitative estimate of drug-likeness (QED) is 0.767. The number of carbonyl (C=O) groups excluding carboxylic acids is 1. The summed E-state index contributed by atoms with van der Waals surface area (Å²) >= 11 is 5.99. The highest BCUT2D eigenvalue weighted by Gasteiger charge is 2.20. The molecule has 0 aliphatic rings. The van der Waals surface area contributed by atoms with Gasteiger partial charge in [-0.15, -0.1) is 0 Å². The van der Waals surface area contributed by atoms with E-state index in [9.17, 15) is 22.0 Å². The van der Waals surface area contributed by atoms with E-state index in [0.717, 1.165) is 0 Å². The lowest BCUT2D eigenvalue weighted by Gasteiger charge is -2.11. The first kappa shape index (κ1) is 19.9. The number of pyridine rings is 1. The maximum Gasteiger partial charge on any atom is 0.267 e. The van der Waals surface area contributed by atoms with Crippen LogP contribution in [-0.4, -0.2) is 32.1 Å². The molecule has 2 rings (SSSR count). The molecule has 0 atom stereocenters. The van der Waals surface area contributed by atoms with Gasteiger partial charge in [0, 0.05) is 18.7 Å². The van der Waals surface area contributed by atoms with E-state index >= 15 is 0 Å². The Morgan fingerprint density at radius 2 is 1.96 bits per heavy atom. The van der Waals surface area contributed by atoms with Crippen LogP contribution in [0.5, 0.6) is 11.5 Å². The number of benzene rings is 1. The smallest absolute Gasteiger partial charge is 0.267 e. The standard InChI is InChI=1S/C15H14ClF2N3O4S/c1-3-19-14-10(16)4-8(7-20-14)25-13-6-11(17)9(5-12(13)18)15(22)21-26(2,23)24/h4-7H,3H2,1-2H3,(H,19,20)(H,21,22). The molecule has 0 radical (unpaired) electrons. The fourth-order valence-electron chi connectivity index (χ4n) is 1.90. The van der Waals surface area contributed by atoms with E-state index in [1.807, 2.05) is 6.92 Å². The number of hydrogen-bond donors (Lipinski definition) is 2. The van der Waals surface area contributed by atoms with Gasteiger partial charge in [-0.3, -0.25) is 4.79 Å². The third kappa shape index (κ3) is 5.02. The number of amides is 1. The van der Waals surface area contributed by atoms with Crippen molar-refractivity contribution in [2.24, 2.45) is 0 Å². The Morgan fingerprint density at radius 1 is 1.27 bits per heavy atom. The van der Waals surface area contributed by atoms with Crippen molar-refractivity contribution in [3.05, 3.63) is 46.6 Å². The second kappa shape index (κ2) is 7.83. The molecule has 1 aromatic carbocycles. The Labute approximate surface area is 153 Å². The Morgan fingerprint density at radius 3 is 2.54 bits per heavy atom. The number of sulfonamides is 1. The van der Waals surface area contributed by atoms with E-state index in [0.29, 0.717) is 30.8 Å². The molecule has 2 N–H and O–H groups in total. The third-order valence-electron chi connectivity index (χ3n) is 2.93. The molecule has 0 aliphatic heterocycles. The largest absolute Gasteiger partial charge is 0.452 e. The summed E-state index contributed by atoms with van der Waals surface area (Å²) in [4.78, 5) is 15.7. The zero-order valence-electron chi connectivity index (χ0n) is 13.6. The lowest BCUT2D eigenvalue weighted by Crippen LogP contribution is -2.30. The molecule has 2 aromatic rings. The van der Waals surface area contributed by atoms with Gasteiger partial charge in [0.15, 0.2) is 11.6 Å². The zero-order chi connectivity index (χ0) is 19.5. The molecule has 0 unspecified atom stereocenters. The van der Waals surface area contributed by atoms with Crippen LogP contribution in [-0.2, 0) is 10.0 Å². The average molecular weight is 406 g/mol. The second-order valence-corrected chi connectivity index (χ2v) is 7.26. The molecule has 0 spiro atoms. The Kier molecular flexibility index (Phi) is 5.98. The number of anilines is 1. The van der Waals surface area contributed by atoms with Gasteiger partial charge in [0.25, 0.3) is 5.91 Å². The van der Waals surface area contributed by atoms with Crippen LogP contribution in [0.15, 0.2) is 24.4 Å². The first-order valence-corrected chi connectivity index (χ1v) is 9.46. The minimum Gasteiger partial charge on any atom is -0.452 e. The van der Waals surface area contributed by atoms with E-state index in [1.165, 1.54) is 12.3 Å². The number of nitrogens with zero attached hydrogens (tertiary/aromatic N) is 1. The lowest BCUT2D eigenvalue weighted by molar-refractivity contribution is 0.0977. The van der Waals surface area contributed by atoms with Crippen LogP contribution < -0.4 is 14.8 Å². The Hall–Kier alpha value is -2.46. The molecular formula is C15H14ClF2N3O4S. The van der Waals surface area contributed by atoms with Crippen molar-refractivity contribution in [3.8, 4) is 11.5 Å². The van der Waals surface area contributed by atoms with E-state index in [1.54, 1.807) is 4.72 Å². The molecule has 0 saturated carbocycles. The number of ether oxygens (including phenoxy) is 1. The van der Waals surface area contributed by atoms with Crippen molar-refractivity contribution in [1.82, 2.24) is 9.71 Å². The number of aromatic nitrogens is 1. The number of halogens is 3. The minimum atomic E-state index is -3.92. The van der Waals surface area contributed by atoms with E-state index in [-0.39, 0.29) is 10.8 Å². The highest BCUT2D eigenvalue weighted by atomic mass is 35.5. The molecule has 0 bridgehead atoms. The first-order valence-electron chi connectivity index (χ1n) is 7.19. The van der Waals surface area contributed by atoms with Gasteiger partial charge in [-0.2, -0.15) is 0 Å². The molecule has 0 fully saturated rings. The highest BCUT2D eigenvalue weighted by Crippen LogP contribution is 2.30. The van der Waals surface area contributed by atoms with Crippen LogP contribution in [0.2, 0.25) is 5.02 Å².